The van der Waals surface area contributed by atoms with Crippen molar-refractivity contribution in [1.29, 1.82) is 5.26 Å². The number of nitrogens with zero attached hydrogens (tertiary/aromatic N) is 2. The van der Waals surface area contributed by atoms with E-state index < -0.39 is 16.7 Å². The van der Waals surface area contributed by atoms with Gasteiger partial charge in [-0.15, -0.1) is 0 Å². The van der Waals surface area contributed by atoms with Crippen molar-refractivity contribution in [1.82, 2.24) is 0 Å². The zero-order chi connectivity index (χ0) is 26.2. The fraction of sp³-hybridized carbons (Fsp3) is 0.115. The molecule has 2 N–H and O–H groups in total. The van der Waals surface area contributed by atoms with Crippen LogP contribution in [0.5, 0.6) is 5.75 Å². The highest BCUT2D eigenvalue weighted by molar-refractivity contribution is 6.30. The van der Waals surface area contributed by atoms with Crippen LogP contribution in [0.25, 0.3) is 6.08 Å². The molecule has 2 amide bonds. The van der Waals surface area contributed by atoms with Gasteiger partial charge in [0.25, 0.3) is 17.5 Å². The Morgan fingerprint density at radius 3 is 2.61 bits per heavy atom. The van der Waals surface area contributed by atoms with Gasteiger partial charge in [0.1, 0.15) is 17.4 Å². The number of aryl methyl sites for hydroxylation is 2. The number of nitrogens with one attached hydrogen (secondary N) is 2. The summed E-state index contributed by atoms with van der Waals surface area (Å²) in [6, 6.07) is 17.4. The normalized spacial score (nSPS) is 10.8. The van der Waals surface area contributed by atoms with Gasteiger partial charge in [-0.2, -0.15) is 5.26 Å². The number of anilines is 2. The summed E-state index contributed by atoms with van der Waals surface area (Å²) in [6.07, 6.45) is 1.26. The molecular formula is C26H21ClN4O5. The first-order valence-corrected chi connectivity index (χ1v) is 11.0. The van der Waals surface area contributed by atoms with Crippen LogP contribution < -0.4 is 15.4 Å². The lowest BCUT2D eigenvalue weighted by atomic mass is 10.1. The van der Waals surface area contributed by atoms with Gasteiger partial charge in [0.05, 0.1) is 4.92 Å². The largest absolute Gasteiger partial charge is 0.483 e. The van der Waals surface area contributed by atoms with Gasteiger partial charge in [0.15, 0.2) is 6.61 Å². The second-order valence-electron chi connectivity index (χ2n) is 7.77. The number of carbonyl (C=O) groups is 2. The molecule has 0 saturated heterocycles. The van der Waals surface area contributed by atoms with Gasteiger partial charge in [-0.05, 0) is 61.4 Å². The lowest BCUT2D eigenvalue weighted by Crippen LogP contribution is -2.21. The highest BCUT2D eigenvalue weighted by atomic mass is 35.5. The van der Waals surface area contributed by atoms with Crippen molar-refractivity contribution < 1.29 is 19.2 Å². The van der Waals surface area contributed by atoms with E-state index in [4.69, 9.17) is 16.3 Å². The second-order valence-corrected chi connectivity index (χ2v) is 8.21. The smallest absolute Gasteiger partial charge is 0.271 e. The summed E-state index contributed by atoms with van der Waals surface area (Å²) in [7, 11) is 0. The number of non-ortho nitro benzene ring substituents is 1. The van der Waals surface area contributed by atoms with Crippen molar-refractivity contribution in [3.63, 3.8) is 0 Å². The van der Waals surface area contributed by atoms with Gasteiger partial charge in [0.2, 0.25) is 0 Å². The second kappa shape index (κ2) is 11.6. The third kappa shape index (κ3) is 6.91. The Labute approximate surface area is 212 Å². The Kier molecular flexibility index (Phi) is 8.39. The van der Waals surface area contributed by atoms with Gasteiger partial charge in [-0.25, -0.2) is 0 Å². The monoisotopic (exact) mass is 504 g/mol. The molecule has 0 aliphatic heterocycles. The number of halogens is 1. The third-order valence-electron chi connectivity index (χ3n) is 4.98. The Morgan fingerprint density at radius 1 is 1.11 bits per heavy atom. The molecule has 0 atom stereocenters. The van der Waals surface area contributed by atoms with Gasteiger partial charge in [0, 0.05) is 34.1 Å². The summed E-state index contributed by atoms with van der Waals surface area (Å²) in [5.41, 5.74) is 2.51. The minimum absolute atomic E-state index is 0.154. The number of rotatable bonds is 8. The summed E-state index contributed by atoms with van der Waals surface area (Å²) in [5.74, 6) is -0.944. The first kappa shape index (κ1) is 25.9. The zero-order valence-corrected chi connectivity index (χ0v) is 20.1. The van der Waals surface area contributed by atoms with Gasteiger partial charge >= 0.3 is 0 Å². The maximum absolute atomic E-state index is 12.6. The molecule has 0 bridgehead atoms. The lowest BCUT2D eigenvalue weighted by Gasteiger charge is -2.12. The molecule has 0 fully saturated rings. The molecule has 0 radical (unpaired) electrons. The molecule has 3 aromatic rings. The SMILES string of the molecule is Cc1ccc(C)c(NC(=O)COc2ccc(Cl)cc2/C=C(/C#N)C(=O)Nc2cccc([N+](=O)[O-])c2)c1. The number of hydrogen-bond acceptors (Lipinski definition) is 6. The molecule has 3 rings (SSSR count). The van der Waals surface area contributed by atoms with E-state index in [0.29, 0.717) is 16.3 Å². The number of amides is 2. The maximum Gasteiger partial charge on any atom is 0.271 e. The molecule has 36 heavy (non-hydrogen) atoms. The van der Waals surface area contributed by atoms with Crippen molar-refractivity contribution in [2.75, 3.05) is 17.2 Å². The van der Waals surface area contributed by atoms with Crippen molar-refractivity contribution in [3.05, 3.63) is 98.1 Å². The average molecular weight is 505 g/mol. The maximum atomic E-state index is 12.6. The van der Waals surface area contributed by atoms with E-state index in [1.54, 1.807) is 12.1 Å². The molecular weight excluding hydrogens is 484 g/mol. The Hall–Kier alpha value is -4.68. The number of ether oxygens (including phenoxy) is 1. The standard InChI is InChI=1S/C26H21ClN4O5/c1-16-6-7-17(2)23(10-16)30-25(32)15-36-24-9-8-20(27)12-18(24)11-19(14-28)26(33)29-21-4-3-5-22(13-21)31(34)35/h3-13H,15H2,1-2H3,(H,29,33)(H,30,32)/b19-11-. The van der Waals surface area contributed by atoms with Crippen LogP contribution in [0, 0.1) is 35.3 Å². The number of nitriles is 1. The minimum Gasteiger partial charge on any atom is -0.483 e. The Morgan fingerprint density at radius 2 is 1.89 bits per heavy atom. The molecule has 0 unspecified atom stereocenters. The molecule has 9 nitrogen and oxygen atoms in total. The molecule has 10 heteroatoms. The van der Waals surface area contributed by atoms with Crippen molar-refractivity contribution in [2.45, 2.75) is 13.8 Å². The Bertz CT molecular complexity index is 1410. The summed E-state index contributed by atoms with van der Waals surface area (Å²) in [5, 5.41) is 26.1. The van der Waals surface area contributed by atoms with E-state index in [0.717, 1.165) is 11.1 Å². The summed E-state index contributed by atoms with van der Waals surface area (Å²) >= 11 is 6.09. The van der Waals surface area contributed by atoms with Crippen LogP contribution in [-0.4, -0.2) is 23.3 Å². The fourth-order valence-corrected chi connectivity index (χ4v) is 3.34. The van der Waals surface area contributed by atoms with E-state index in [2.05, 4.69) is 10.6 Å². The molecule has 0 spiro atoms. The van der Waals surface area contributed by atoms with Crippen LogP contribution in [0.3, 0.4) is 0 Å². The number of hydrogen-bond donors (Lipinski definition) is 2. The van der Waals surface area contributed by atoms with Crippen LogP contribution in [-0.2, 0) is 9.59 Å². The number of carbonyl (C=O) groups excluding carboxylic acids is 2. The van der Waals surface area contributed by atoms with Crippen molar-refractivity contribution in [2.24, 2.45) is 0 Å². The van der Waals surface area contributed by atoms with E-state index in [1.807, 2.05) is 32.0 Å². The van der Waals surface area contributed by atoms with Crippen LogP contribution in [0.4, 0.5) is 17.1 Å². The van der Waals surface area contributed by atoms with E-state index in [9.17, 15) is 25.0 Å². The highest BCUT2D eigenvalue weighted by Gasteiger charge is 2.15. The van der Waals surface area contributed by atoms with Crippen molar-refractivity contribution >= 4 is 46.6 Å². The minimum atomic E-state index is -0.781. The molecule has 182 valence electrons. The summed E-state index contributed by atoms with van der Waals surface area (Å²) in [6.45, 7) is 3.47. The first-order chi connectivity index (χ1) is 17.2. The molecule has 0 aliphatic carbocycles. The number of nitro benzene ring substituents is 1. The zero-order valence-electron chi connectivity index (χ0n) is 19.4. The Balaban J connectivity index is 1.77. The average Bonchev–Trinajstić information content (AvgIpc) is 2.84. The topological polar surface area (TPSA) is 134 Å². The van der Waals surface area contributed by atoms with Crippen LogP contribution >= 0.6 is 11.6 Å². The summed E-state index contributed by atoms with van der Waals surface area (Å²) in [4.78, 5) is 35.5. The van der Waals surface area contributed by atoms with E-state index in [1.165, 1.54) is 42.5 Å². The van der Waals surface area contributed by atoms with Crippen molar-refractivity contribution in [3.8, 4) is 11.8 Å². The highest BCUT2D eigenvalue weighted by Crippen LogP contribution is 2.26. The molecule has 3 aromatic carbocycles. The van der Waals surface area contributed by atoms with E-state index in [-0.39, 0.29) is 29.3 Å². The molecule has 0 heterocycles. The third-order valence-corrected chi connectivity index (χ3v) is 5.21. The predicted octanol–water partition coefficient (Wildman–Crippen LogP) is 5.43. The predicted molar refractivity (Wildman–Crippen MR) is 137 cm³/mol. The quantitative estimate of drug-likeness (QED) is 0.182. The molecule has 0 aliphatic rings. The fourth-order valence-electron chi connectivity index (χ4n) is 3.16. The number of nitro groups is 1. The molecule has 0 aromatic heterocycles. The van der Waals surface area contributed by atoms with Gasteiger partial charge < -0.3 is 15.4 Å². The summed E-state index contributed by atoms with van der Waals surface area (Å²) < 4.78 is 5.65. The lowest BCUT2D eigenvalue weighted by molar-refractivity contribution is -0.384. The van der Waals surface area contributed by atoms with E-state index >= 15 is 0 Å². The van der Waals surface area contributed by atoms with Gasteiger partial charge in [-0.3, -0.25) is 19.7 Å². The first-order valence-electron chi connectivity index (χ1n) is 10.6. The number of benzene rings is 3. The molecule has 0 saturated carbocycles. The van der Waals surface area contributed by atoms with Crippen LogP contribution in [0.2, 0.25) is 5.02 Å². The van der Waals surface area contributed by atoms with Gasteiger partial charge in [-0.1, -0.05) is 29.8 Å². The van der Waals surface area contributed by atoms with Crippen LogP contribution in [0.15, 0.2) is 66.2 Å². The van der Waals surface area contributed by atoms with Crippen LogP contribution in [0.1, 0.15) is 16.7 Å².